The van der Waals surface area contributed by atoms with Gasteiger partial charge in [0.1, 0.15) is 6.04 Å². The Labute approximate surface area is 122 Å². The minimum absolute atomic E-state index is 0.105. The number of nitrogens with zero attached hydrogens (tertiary/aromatic N) is 2. The predicted octanol–water partition coefficient (Wildman–Crippen LogP) is 1.28. The second-order valence-electron chi connectivity index (χ2n) is 4.69. The van der Waals surface area contributed by atoms with Gasteiger partial charge in [-0.1, -0.05) is 0 Å². The van der Waals surface area contributed by atoms with Gasteiger partial charge in [-0.25, -0.2) is 4.98 Å². The third-order valence-electron chi connectivity index (χ3n) is 3.17. The molecule has 1 fully saturated rings. The lowest BCUT2D eigenvalue weighted by molar-refractivity contribution is -0.143. The Hall–Kier alpha value is -1.63. The van der Waals surface area contributed by atoms with Gasteiger partial charge in [-0.05, 0) is 13.3 Å². The molecule has 2 heterocycles. The number of rotatable bonds is 6. The van der Waals surface area contributed by atoms with Crippen molar-refractivity contribution < 1.29 is 14.3 Å². The van der Waals surface area contributed by atoms with Crippen LogP contribution in [0, 0.1) is 0 Å². The number of aromatic nitrogens is 1. The van der Waals surface area contributed by atoms with Gasteiger partial charge in [0.25, 0.3) is 0 Å². The Morgan fingerprint density at radius 2 is 2.45 bits per heavy atom. The number of aryl methyl sites for hydroxylation is 1. The summed E-state index contributed by atoms with van der Waals surface area (Å²) in [4.78, 5) is 29.2. The van der Waals surface area contributed by atoms with Crippen LogP contribution in [-0.4, -0.2) is 48.0 Å². The number of carbonyl (C=O) groups is 2. The van der Waals surface area contributed by atoms with Gasteiger partial charge in [-0.15, -0.1) is 11.3 Å². The SMILES string of the molecule is CCOC(=O)CCc1csc(NC2CCN(C)C2=O)n1. The molecule has 1 unspecified atom stereocenters. The summed E-state index contributed by atoms with van der Waals surface area (Å²) in [7, 11) is 1.80. The number of likely N-dealkylation sites (tertiary alicyclic amines) is 1. The van der Waals surface area contributed by atoms with Gasteiger partial charge in [0, 0.05) is 25.4 Å². The van der Waals surface area contributed by atoms with E-state index in [-0.39, 0.29) is 17.9 Å². The summed E-state index contributed by atoms with van der Waals surface area (Å²) in [6.07, 6.45) is 1.70. The maximum atomic E-state index is 11.8. The fraction of sp³-hybridized carbons (Fsp3) is 0.615. The Bertz CT molecular complexity index is 489. The van der Waals surface area contributed by atoms with E-state index in [9.17, 15) is 9.59 Å². The largest absolute Gasteiger partial charge is 0.466 e. The highest BCUT2D eigenvalue weighted by atomic mass is 32.1. The van der Waals surface area contributed by atoms with E-state index in [0.717, 1.165) is 23.8 Å². The lowest BCUT2D eigenvalue weighted by Crippen LogP contribution is -2.30. The molecule has 1 aliphatic rings. The summed E-state index contributed by atoms with van der Waals surface area (Å²) in [5, 5.41) is 5.80. The standard InChI is InChI=1S/C13H19N3O3S/c1-3-19-11(17)5-4-9-8-20-13(14-9)15-10-6-7-16(2)12(10)18/h8,10H,3-7H2,1-2H3,(H,14,15). The quantitative estimate of drug-likeness (QED) is 0.801. The average Bonchev–Trinajstić information content (AvgIpc) is 2.99. The molecule has 110 valence electrons. The molecule has 0 aromatic carbocycles. The van der Waals surface area contributed by atoms with Crippen molar-refractivity contribution >= 4 is 28.3 Å². The molecule has 0 aliphatic carbocycles. The van der Waals surface area contributed by atoms with Crippen molar-refractivity contribution in [2.75, 3.05) is 25.5 Å². The summed E-state index contributed by atoms with van der Waals surface area (Å²) in [6, 6.07) is -0.177. The number of hydrogen-bond donors (Lipinski definition) is 1. The lowest BCUT2D eigenvalue weighted by atomic mass is 10.2. The van der Waals surface area contributed by atoms with Crippen molar-refractivity contribution in [3.8, 4) is 0 Å². The Morgan fingerprint density at radius 1 is 1.65 bits per heavy atom. The van der Waals surface area contributed by atoms with E-state index >= 15 is 0 Å². The lowest BCUT2D eigenvalue weighted by Gasteiger charge is -2.10. The van der Waals surface area contributed by atoms with Crippen LogP contribution in [0.3, 0.4) is 0 Å². The molecule has 0 bridgehead atoms. The summed E-state index contributed by atoms with van der Waals surface area (Å²) >= 11 is 1.46. The van der Waals surface area contributed by atoms with Crippen molar-refractivity contribution in [1.29, 1.82) is 0 Å². The molecule has 1 aromatic heterocycles. The zero-order chi connectivity index (χ0) is 14.5. The van der Waals surface area contributed by atoms with Gasteiger partial charge in [-0.2, -0.15) is 0 Å². The Balaban J connectivity index is 1.83. The zero-order valence-corrected chi connectivity index (χ0v) is 12.5. The summed E-state index contributed by atoms with van der Waals surface area (Å²) in [6.45, 7) is 2.97. The second kappa shape index (κ2) is 6.69. The molecule has 1 atom stereocenters. The van der Waals surface area contributed by atoms with Crippen LogP contribution in [0.5, 0.6) is 0 Å². The van der Waals surface area contributed by atoms with Crippen molar-refractivity contribution in [1.82, 2.24) is 9.88 Å². The van der Waals surface area contributed by atoms with E-state index in [1.807, 2.05) is 5.38 Å². The van der Waals surface area contributed by atoms with Crippen molar-refractivity contribution in [2.24, 2.45) is 0 Å². The fourth-order valence-electron chi connectivity index (χ4n) is 2.06. The molecule has 1 aromatic rings. The number of anilines is 1. The van der Waals surface area contributed by atoms with E-state index in [2.05, 4.69) is 10.3 Å². The van der Waals surface area contributed by atoms with Gasteiger partial charge in [0.2, 0.25) is 5.91 Å². The first-order valence-electron chi connectivity index (χ1n) is 6.71. The van der Waals surface area contributed by atoms with Crippen LogP contribution < -0.4 is 5.32 Å². The molecule has 0 spiro atoms. The van der Waals surface area contributed by atoms with E-state index in [4.69, 9.17) is 4.74 Å². The highest BCUT2D eigenvalue weighted by Crippen LogP contribution is 2.20. The van der Waals surface area contributed by atoms with Gasteiger partial charge in [0.15, 0.2) is 5.13 Å². The average molecular weight is 297 g/mol. The minimum atomic E-state index is -0.206. The smallest absolute Gasteiger partial charge is 0.306 e. The molecule has 1 aliphatic heterocycles. The first-order chi connectivity index (χ1) is 9.60. The van der Waals surface area contributed by atoms with E-state index in [0.29, 0.717) is 19.4 Å². The minimum Gasteiger partial charge on any atom is -0.466 e. The van der Waals surface area contributed by atoms with Gasteiger partial charge < -0.3 is 15.0 Å². The van der Waals surface area contributed by atoms with Gasteiger partial charge >= 0.3 is 5.97 Å². The maximum Gasteiger partial charge on any atom is 0.306 e. The Morgan fingerprint density at radius 3 is 3.10 bits per heavy atom. The maximum absolute atomic E-state index is 11.8. The summed E-state index contributed by atoms with van der Waals surface area (Å²) < 4.78 is 4.87. The normalized spacial score (nSPS) is 18.4. The molecular formula is C13H19N3O3S. The number of thiazole rings is 1. The topological polar surface area (TPSA) is 71.5 Å². The fourth-order valence-corrected chi connectivity index (χ4v) is 2.86. The van der Waals surface area contributed by atoms with Crippen molar-refractivity contribution in [3.05, 3.63) is 11.1 Å². The van der Waals surface area contributed by atoms with Crippen LogP contribution in [0.4, 0.5) is 5.13 Å². The molecule has 20 heavy (non-hydrogen) atoms. The summed E-state index contributed by atoms with van der Waals surface area (Å²) in [5.74, 6) is -0.101. The van der Waals surface area contributed by atoms with E-state index in [1.54, 1.807) is 18.9 Å². The van der Waals surface area contributed by atoms with Crippen LogP contribution in [0.1, 0.15) is 25.5 Å². The van der Waals surface area contributed by atoms with E-state index in [1.165, 1.54) is 11.3 Å². The van der Waals surface area contributed by atoms with Gasteiger partial charge in [0.05, 0.1) is 18.7 Å². The van der Waals surface area contributed by atoms with E-state index < -0.39 is 0 Å². The number of hydrogen-bond acceptors (Lipinski definition) is 6. The van der Waals surface area contributed by atoms with Crippen LogP contribution in [0.15, 0.2) is 5.38 Å². The molecule has 1 saturated heterocycles. The molecule has 2 rings (SSSR count). The number of esters is 1. The molecule has 1 amide bonds. The second-order valence-corrected chi connectivity index (χ2v) is 5.55. The summed E-state index contributed by atoms with van der Waals surface area (Å²) in [5.41, 5.74) is 0.851. The molecule has 1 N–H and O–H groups in total. The van der Waals surface area contributed by atoms with Crippen LogP contribution in [0.2, 0.25) is 0 Å². The molecule has 6 nitrogen and oxygen atoms in total. The first-order valence-corrected chi connectivity index (χ1v) is 7.59. The molecular weight excluding hydrogens is 278 g/mol. The van der Waals surface area contributed by atoms with Gasteiger partial charge in [-0.3, -0.25) is 9.59 Å². The number of likely N-dealkylation sites (N-methyl/N-ethyl adjacent to an activating group) is 1. The third kappa shape index (κ3) is 3.69. The van der Waals surface area contributed by atoms with Crippen LogP contribution in [0.25, 0.3) is 0 Å². The molecule has 7 heteroatoms. The van der Waals surface area contributed by atoms with Crippen molar-refractivity contribution in [2.45, 2.75) is 32.2 Å². The number of nitrogens with one attached hydrogen (secondary N) is 1. The zero-order valence-electron chi connectivity index (χ0n) is 11.7. The van der Waals surface area contributed by atoms with Crippen LogP contribution >= 0.6 is 11.3 Å². The molecule has 0 saturated carbocycles. The third-order valence-corrected chi connectivity index (χ3v) is 3.99. The molecule has 0 radical (unpaired) electrons. The number of ether oxygens (including phenoxy) is 1. The van der Waals surface area contributed by atoms with Crippen molar-refractivity contribution in [3.63, 3.8) is 0 Å². The van der Waals surface area contributed by atoms with Crippen LogP contribution in [-0.2, 0) is 20.7 Å². The monoisotopic (exact) mass is 297 g/mol. The highest BCUT2D eigenvalue weighted by molar-refractivity contribution is 7.13. The number of carbonyl (C=O) groups excluding carboxylic acids is 2. The highest BCUT2D eigenvalue weighted by Gasteiger charge is 2.29. The Kier molecular flexibility index (Phi) is 4.94. The predicted molar refractivity (Wildman–Crippen MR) is 76.7 cm³/mol. The first kappa shape index (κ1) is 14.8. The number of amides is 1.